The van der Waals surface area contributed by atoms with Gasteiger partial charge in [0.05, 0.1) is 5.57 Å². The molecule has 4 rings (SSSR count). The second-order valence-electron chi connectivity index (χ2n) is 6.00. The normalized spacial score (nSPS) is 12.0. The van der Waals surface area contributed by atoms with E-state index in [0.29, 0.717) is 5.57 Å². The Morgan fingerprint density at radius 3 is 2.72 bits per heavy atom. The van der Waals surface area contributed by atoms with Crippen molar-refractivity contribution >= 4 is 44.8 Å². The van der Waals surface area contributed by atoms with Crippen LogP contribution in [0.4, 0.5) is 0 Å². The molecule has 0 amide bonds. The molecule has 0 unspecified atom stereocenters. The highest BCUT2D eigenvalue weighted by Gasteiger charge is 2.10. The highest BCUT2D eigenvalue weighted by Crippen LogP contribution is 2.31. The van der Waals surface area contributed by atoms with Gasteiger partial charge in [-0.3, -0.25) is 0 Å². The first-order chi connectivity index (χ1) is 12.2. The topological polar surface area (TPSA) is 41.6 Å². The zero-order valence-corrected chi connectivity index (χ0v) is 15.0. The lowest BCUT2D eigenvalue weighted by Crippen LogP contribution is -1.92. The summed E-state index contributed by atoms with van der Waals surface area (Å²) in [6.45, 7) is 5.04. The first-order valence-electron chi connectivity index (χ1n) is 8.26. The summed E-state index contributed by atoms with van der Waals surface area (Å²) < 4.78 is 2.33. The minimum Gasteiger partial charge on any atom is -0.341 e. The van der Waals surface area contributed by atoms with Gasteiger partial charge in [0.25, 0.3) is 0 Å². The number of aromatic nitrogens is 2. The van der Waals surface area contributed by atoms with E-state index in [1.807, 2.05) is 18.4 Å². The summed E-state index contributed by atoms with van der Waals surface area (Å²) in [5, 5.41) is 14.7. The average molecular weight is 343 g/mol. The molecule has 0 spiro atoms. The lowest BCUT2D eigenvalue weighted by atomic mass is 10.1. The number of nitrogens with zero attached hydrogens (tertiary/aromatic N) is 3. The minimum atomic E-state index is 0.608. The number of nitriles is 1. The third kappa shape index (κ3) is 2.63. The van der Waals surface area contributed by atoms with E-state index < -0.39 is 0 Å². The molecular weight excluding hydrogens is 326 g/mol. The average Bonchev–Trinajstić information content (AvgIpc) is 3.20. The molecule has 0 atom stereocenters. The molecule has 0 bridgehead atoms. The molecular formula is C21H17N3S. The maximum absolute atomic E-state index is 9.52. The predicted molar refractivity (Wildman–Crippen MR) is 105 cm³/mol. The van der Waals surface area contributed by atoms with Crippen LogP contribution in [-0.4, -0.2) is 9.55 Å². The van der Waals surface area contributed by atoms with Crippen molar-refractivity contribution in [2.24, 2.45) is 0 Å². The summed E-state index contributed by atoms with van der Waals surface area (Å²) in [5.74, 6) is 0. The van der Waals surface area contributed by atoms with Crippen LogP contribution in [0.5, 0.6) is 0 Å². The molecule has 2 aromatic heterocycles. The first-order valence-corrected chi connectivity index (χ1v) is 9.14. The fraction of sp³-hybridized carbons (Fsp3) is 0.143. The summed E-state index contributed by atoms with van der Waals surface area (Å²) in [6.07, 6.45) is 1.93. The fourth-order valence-corrected chi connectivity index (χ4v) is 4.05. The third-order valence-corrected chi connectivity index (χ3v) is 5.39. The Balaban J connectivity index is 1.91. The van der Waals surface area contributed by atoms with Crippen LogP contribution >= 0.6 is 11.3 Å². The van der Waals surface area contributed by atoms with Crippen LogP contribution in [0.3, 0.4) is 0 Å². The Kier molecular flexibility index (Phi) is 3.87. The maximum atomic E-state index is 9.52. The molecule has 25 heavy (non-hydrogen) atoms. The fourth-order valence-electron chi connectivity index (χ4n) is 3.29. The van der Waals surface area contributed by atoms with Crippen molar-refractivity contribution in [2.75, 3.05) is 0 Å². The number of fused-ring (bicyclic) bond motifs is 3. The van der Waals surface area contributed by atoms with E-state index in [1.54, 1.807) is 0 Å². The number of allylic oxidation sites excluding steroid dienone is 1. The summed E-state index contributed by atoms with van der Waals surface area (Å²) in [6, 6.07) is 17.1. The Labute approximate surface area is 150 Å². The number of aryl methyl sites for hydroxylation is 2. The van der Waals surface area contributed by atoms with Gasteiger partial charge in [0, 0.05) is 39.4 Å². The zero-order valence-electron chi connectivity index (χ0n) is 14.2. The first kappa shape index (κ1) is 15.6. The molecule has 122 valence electrons. The molecule has 0 aliphatic carbocycles. The van der Waals surface area contributed by atoms with E-state index in [9.17, 15) is 5.26 Å². The van der Waals surface area contributed by atoms with E-state index in [1.165, 1.54) is 33.1 Å². The van der Waals surface area contributed by atoms with Crippen LogP contribution in [0, 0.1) is 18.3 Å². The monoisotopic (exact) mass is 343 g/mol. The van der Waals surface area contributed by atoms with E-state index >= 15 is 0 Å². The van der Waals surface area contributed by atoms with Gasteiger partial charge < -0.3 is 4.57 Å². The van der Waals surface area contributed by atoms with Crippen LogP contribution in [0.15, 0.2) is 47.8 Å². The molecule has 4 aromatic rings. The van der Waals surface area contributed by atoms with Crippen LogP contribution in [0.25, 0.3) is 33.5 Å². The SMILES string of the molecule is CCn1c2ccccc2c2cc(/C=C(\C#N)c3nc(C)cs3)ccc21. The predicted octanol–water partition coefficient (Wildman–Crippen LogP) is 5.64. The quantitative estimate of drug-likeness (QED) is 0.451. The van der Waals surface area contributed by atoms with Crippen LogP contribution < -0.4 is 0 Å². The molecule has 0 saturated heterocycles. The molecule has 0 N–H and O–H groups in total. The molecule has 2 aromatic carbocycles. The van der Waals surface area contributed by atoms with Gasteiger partial charge in [-0.05, 0) is 43.7 Å². The second kappa shape index (κ2) is 6.19. The lowest BCUT2D eigenvalue weighted by Gasteiger charge is -2.03. The Morgan fingerprint density at radius 2 is 2.00 bits per heavy atom. The summed E-state index contributed by atoms with van der Waals surface area (Å²) in [7, 11) is 0. The van der Waals surface area contributed by atoms with E-state index in [2.05, 4.69) is 65.0 Å². The maximum Gasteiger partial charge on any atom is 0.134 e. The van der Waals surface area contributed by atoms with Gasteiger partial charge in [-0.25, -0.2) is 4.98 Å². The van der Waals surface area contributed by atoms with Crippen molar-refractivity contribution < 1.29 is 0 Å². The van der Waals surface area contributed by atoms with E-state index in [0.717, 1.165) is 22.8 Å². The van der Waals surface area contributed by atoms with Gasteiger partial charge in [-0.15, -0.1) is 11.3 Å². The Bertz CT molecular complexity index is 1160. The molecule has 3 nitrogen and oxygen atoms in total. The van der Waals surface area contributed by atoms with Gasteiger partial charge in [0.2, 0.25) is 0 Å². The van der Waals surface area contributed by atoms with Crippen LogP contribution in [0.2, 0.25) is 0 Å². The summed E-state index contributed by atoms with van der Waals surface area (Å²) >= 11 is 1.51. The van der Waals surface area contributed by atoms with Gasteiger partial charge in [0.15, 0.2) is 0 Å². The standard InChI is InChI=1S/C21H17N3S/c1-3-24-19-7-5-4-6-17(19)18-11-15(8-9-20(18)24)10-16(12-22)21-23-14(2)13-25-21/h4-11,13H,3H2,1-2H3/b16-10+. The minimum absolute atomic E-state index is 0.608. The van der Waals surface area contributed by atoms with Crippen molar-refractivity contribution in [1.29, 1.82) is 5.26 Å². The molecule has 0 fully saturated rings. The summed E-state index contributed by atoms with van der Waals surface area (Å²) in [5.41, 5.74) is 5.05. The largest absolute Gasteiger partial charge is 0.341 e. The Hall–Kier alpha value is -2.90. The van der Waals surface area contributed by atoms with E-state index in [-0.39, 0.29) is 0 Å². The number of hydrogen-bond acceptors (Lipinski definition) is 3. The molecule has 4 heteroatoms. The number of thiazole rings is 1. The lowest BCUT2D eigenvalue weighted by molar-refractivity contribution is 0.827. The van der Waals surface area contributed by atoms with Crippen molar-refractivity contribution in [1.82, 2.24) is 9.55 Å². The molecule has 2 heterocycles. The van der Waals surface area contributed by atoms with Gasteiger partial charge in [-0.2, -0.15) is 5.26 Å². The highest BCUT2D eigenvalue weighted by molar-refractivity contribution is 7.11. The second-order valence-corrected chi connectivity index (χ2v) is 6.86. The van der Waals surface area contributed by atoms with Crippen molar-refractivity contribution in [3.05, 3.63) is 64.1 Å². The van der Waals surface area contributed by atoms with Crippen molar-refractivity contribution in [2.45, 2.75) is 20.4 Å². The third-order valence-electron chi connectivity index (χ3n) is 4.39. The smallest absolute Gasteiger partial charge is 0.134 e. The van der Waals surface area contributed by atoms with Crippen LogP contribution in [-0.2, 0) is 6.54 Å². The van der Waals surface area contributed by atoms with Gasteiger partial charge >= 0.3 is 0 Å². The number of para-hydroxylation sites is 1. The highest BCUT2D eigenvalue weighted by atomic mass is 32.1. The zero-order chi connectivity index (χ0) is 17.4. The molecule has 0 aliphatic heterocycles. The van der Waals surface area contributed by atoms with Crippen molar-refractivity contribution in [3.63, 3.8) is 0 Å². The number of hydrogen-bond donors (Lipinski definition) is 0. The molecule has 0 aliphatic rings. The van der Waals surface area contributed by atoms with Gasteiger partial charge in [0.1, 0.15) is 11.1 Å². The van der Waals surface area contributed by atoms with E-state index in [4.69, 9.17) is 0 Å². The van der Waals surface area contributed by atoms with Gasteiger partial charge in [-0.1, -0.05) is 24.3 Å². The van der Waals surface area contributed by atoms with Crippen LogP contribution in [0.1, 0.15) is 23.2 Å². The Morgan fingerprint density at radius 1 is 1.20 bits per heavy atom. The number of rotatable bonds is 3. The summed E-state index contributed by atoms with van der Waals surface area (Å²) in [4.78, 5) is 4.43. The van der Waals surface area contributed by atoms with Crippen molar-refractivity contribution in [3.8, 4) is 6.07 Å². The molecule has 0 saturated carbocycles. The molecule has 0 radical (unpaired) electrons. The number of benzene rings is 2.